The van der Waals surface area contributed by atoms with Gasteiger partial charge in [-0.25, -0.2) is 0 Å². The smallest absolute Gasteiger partial charge is 0.239 e. The predicted octanol–water partition coefficient (Wildman–Crippen LogP) is -1.34. The number of carbonyl (C=O) groups excluding carboxylic acids is 2. The Kier molecular flexibility index (Phi) is 5.37. The second-order valence-electron chi connectivity index (χ2n) is 4.53. The van der Waals surface area contributed by atoms with Crippen LogP contribution in [0, 0.1) is 0 Å². The quantitative estimate of drug-likeness (QED) is 0.516. The van der Waals surface area contributed by atoms with E-state index in [0.717, 1.165) is 0 Å². The number of likely N-dealkylation sites (N-methyl/N-ethyl adjacent to an activating group) is 1. The number of carbonyl (C=O) groups is 2. The van der Waals surface area contributed by atoms with Gasteiger partial charge in [0.25, 0.3) is 0 Å². The van der Waals surface area contributed by atoms with E-state index in [1.807, 2.05) is 0 Å². The van der Waals surface area contributed by atoms with E-state index in [1.54, 1.807) is 0 Å². The fourth-order valence-electron chi connectivity index (χ4n) is 1.56. The first-order valence-corrected chi connectivity index (χ1v) is 6.00. The van der Waals surface area contributed by atoms with Crippen LogP contribution in [0.2, 0.25) is 0 Å². The molecule has 1 saturated carbocycles. The molecule has 6 nitrogen and oxygen atoms in total. The molecule has 0 aromatic carbocycles. The highest BCUT2D eigenvalue weighted by atomic mass is 16.2. The van der Waals surface area contributed by atoms with Crippen LogP contribution >= 0.6 is 0 Å². The van der Waals surface area contributed by atoms with Crippen molar-refractivity contribution in [2.75, 3.05) is 26.7 Å². The van der Waals surface area contributed by atoms with Crippen LogP contribution in [0.1, 0.15) is 19.8 Å². The van der Waals surface area contributed by atoms with E-state index in [9.17, 15) is 9.59 Å². The summed E-state index contributed by atoms with van der Waals surface area (Å²) in [7, 11) is 2.07. The van der Waals surface area contributed by atoms with Crippen LogP contribution in [0.3, 0.4) is 0 Å². The van der Waals surface area contributed by atoms with E-state index in [0.29, 0.717) is 18.6 Å². The fraction of sp³-hybridized carbons (Fsp3) is 0.818. The number of nitrogens with zero attached hydrogens (tertiary/aromatic N) is 1. The van der Waals surface area contributed by atoms with Gasteiger partial charge in [-0.05, 0) is 26.8 Å². The first kappa shape index (κ1) is 13.9. The fourth-order valence-corrected chi connectivity index (χ4v) is 1.56. The Morgan fingerprint density at radius 2 is 2.00 bits per heavy atom. The Morgan fingerprint density at radius 1 is 1.35 bits per heavy atom. The summed E-state index contributed by atoms with van der Waals surface area (Å²) in [6.07, 6.45) is 2.50. The monoisotopic (exact) mass is 242 g/mol. The molecule has 1 rings (SSSR count). The molecule has 1 aliphatic rings. The third-order valence-corrected chi connectivity index (χ3v) is 3.04. The number of nitrogens with two attached hydrogens (primary N) is 1. The minimum Gasteiger partial charge on any atom is -0.353 e. The van der Waals surface area contributed by atoms with E-state index in [1.165, 1.54) is 12.8 Å². The molecule has 6 heteroatoms. The molecule has 98 valence electrons. The number of hydrogen-bond donors (Lipinski definition) is 3. The van der Waals surface area contributed by atoms with Crippen molar-refractivity contribution in [2.24, 2.45) is 5.73 Å². The lowest BCUT2D eigenvalue weighted by Gasteiger charge is -2.24. The summed E-state index contributed by atoms with van der Waals surface area (Å²) in [6, 6.07) is 0.996. The Morgan fingerprint density at radius 3 is 2.53 bits per heavy atom. The van der Waals surface area contributed by atoms with Gasteiger partial charge in [-0.2, -0.15) is 0 Å². The Hall–Kier alpha value is -1.14. The van der Waals surface area contributed by atoms with Gasteiger partial charge in [0.2, 0.25) is 11.8 Å². The van der Waals surface area contributed by atoms with Crippen LogP contribution in [-0.2, 0) is 9.59 Å². The van der Waals surface area contributed by atoms with E-state index in [-0.39, 0.29) is 24.9 Å². The normalized spacial score (nSPS) is 16.7. The molecular weight excluding hydrogens is 220 g/mol. The van der Waals surface area contributed by atoms with Gasteiger partial charge in [-0.1, -0.05) is 0 Å². The van der Waals surface area contributed by atoms with Gasteiger partial charge in [0.1, 0.15) is 0 Å². The zero-order valence-corrected chi connectivity index (χ0v) is 10.5. The Labute approximate surface area is 102 Å². The van der Waals surface area contributed by atoms with E-state index in [2.05, 4.69) is 29.5 Å². The molecule has 0 radical (unpaired) electrons. The molecule has 0 saturated heterocycles. The first-order chi connectivity index (χ1) is 8.04. The van der Waals surface area contributed by atoms with Crippen molar-refractivity contribution >= 4 is 11.8 Å². The zero-order valence-electron chi connectivity index (χ0n) is 10.5. The van der Waals surface area contributed by atoms with Crippen molar-refractivity contribution in [1.29, 1.82) is 0 Å². The van der Waals surface area contributed by atoms with Crippen LogP contribution in [0.25, 0.3) is 0 Å². The summed E-state index contributed by atoms with van der Waals surface area (Å²) in [4.78, 5) is 24.5. The van der Waals surface area contributed by atoms with Crippen LogP contribution in [0.4, 0.5) is 0 Å². The zero-order chi connectivity index (χ0) is 12.8. The van der Waals surface area contributed by atoms with Crippen molar-refractivity contribution in [3.05, 3.63) is 0 Å². The summed E-state index contributed by atoms with van der Waals surface area (Å²) >= 11 is 0. The van der Waals surface area contributed by atoms with E-state index < -0.39 is 0 Å². The van der Waals surface area contributed by atoms with Crippen LogP contribution in [0.15, 0.2) is 0 Å². The lowest BCUT2D eigenvalue weighted by molar-refractivity contribution is -0.125. The van der Waals surface area contributed by atoms with Gasteiger partial charge in [0.05, 0.1) is 13.1 Å². The molecule has 4 N–H and O–H groups in total. The van der Waals surface area contributed by atoms with Crippen molar-refractivity contribution in [1.82, 2.24) is 15.5 Å². The van der Waals surface area contributed by atoms with Gasteiger partial charge in [0, 0.05) is 18.6 Å². The van der Waals surface area contributed by atoms with Crippen molar-refractivity contribution < 1.29 is 9.59 Å². The molecule has 0 aromatic rings. The van der Waals surface area contributed by atoms with Crippen LogP contribution < -0.4 is 16.4 Å². The maximum Gasteiger partial charge on any atom is 0.239 e. The molecular formula is C11H22N4O2. The summed E-state index contributed by atoms with van der Waals surface area (Å²) in [5.41, 5.74) is 5.11. The topological polar surface area (TPSA) is 87.5 Å². The highest BCUT2D eigenvalue weighted by molar-refractivity contribution is 5.85. The molecule has 1 fully saturated rings. The third-order valence-electron chi connectivity index (χ3n) is 3.04. The SMILES string of the molecule is CC(CNC(=O)CNC(=O)CN)N(C)C1CC1. The maximum atomic E-state index is 11.4. The summed E-state index contributed by atoms with van der Waals surface area (Å²) in [5.74, 6) is -0.494. The highest BCUT2D eigenvalue weighted by Crippen LogP contribution is 2.26. The molecule has 2 amide bonds. The minimum absolute atomic E-state index is 0.00407. The molecule has 0 heterocycles. The summed E-state index contributed by atoms with van der Waals surface area (Å²) in [5, 5.41) is 5.22. The van der Waals surface area contributed by atoms with E-state index in [4.69, 9.17) is 5.73 Å². The van der Waals surface area contributed by atoms with Gasteiger partial charge < -0.3 is 16.4 Å². The molecule has 1 atom stereocenters. The maximum absolute atomic E-state index is 11.4. The largest absolute Gasteiger partial charge is 0.353 e. The molecule has 0 aromatic heterocycles. The lowest BCUT2D eigenvalue weighted by Crippen LogP contribution is -2.45. The molecule has 0 spiro atoms. The second kappa shape index (κ2) is 6.56. The molecule has 17 heavy (non-hydrogen) atoms. The molecule has 0 bridgehead atoms. The van der Waals surface area contributed by atoms with Crippen molar-refractivity contribution in [3.8, 4) is 0 Å². The number of hydrogen-bond acceptors (Lipinski definition) is 4. The van der Waals surface area contributed by atoms with Gasteiger partial charge in [-0.3, -0.25) is 14.5 Å². The molecule has 1 aliphatic carbocycles. The average molecular weight is 242 g/mol. The van der Waals surface area contributed by atoms with Gasteiger partial charge in [0.15, 0.2) is 0 Å². The van der Waals surface area contributed by atoms with E-state index >= 15 is 0 Å². The van der Waals surface area contributed by atoms with Crippen LogP contribution in [-0.4, -0.2) is 55.5 Å². The Balaban J connectivity index is 2.11. The number of rotatable bonds is 7. The predicted molar refractivity (Wildman–Crippen MR) is 65.3 cm³/mol. The lowest BCUT2D eigenvalue weighted by atomic mass is 10.3. The second-order valence-corrected chi connectivity index (χ2v) is 4.53. The Bertz CT molecular complexity index is 279. The minimum atomic E-state index is -0.316. The standard InChI is InChI=1S/C11H22N4O2/c1-8(15(2)9-3-4-9)6-13-11(17)7-14-10(16)5-12/h8-9H,3-7,12H2,1-2H3,(H,13,17)(H,14,16). The van der Waals surface area contributed by atoms with Crippen molar-refractivity contribution in [3.63, 3.8) is 0 Å². The van der Waals surface area contributed by atoms with Crippen molar-refractivity contribution in [2.45, 2.75) is 31.8 Å². The average Bonchev–Trinajstić information content (AvgIpc) is 3.15. The summed E-state index contributed by atoms with van der Waals surface area (Å²) in [6.45, 7) is 2.59. The first-order valence-electron chi connectivity index (χ1n) is 6.00. The number of nitrogens with one attached hydrogen (secondary N) is 2. The van der Waals surface area contributed by atoms with Gasteiger partial charge >= 0.3 is 0 Å². The number of amides is 2. The third kappa shape index (κ3) is 5.14. The molecule has 0 aliphatic heterocycles. The highest BCUT2D eigenvalue weighted by Gasteiger charge is 2.28. The molecule has 1 unspecified atom stereocenters. The van der Waals surface area contributed by atoms with Gasteiger partial charge in [-0.15, -0.1) is 0 Å². The summed E-state index contributed by atoms with van der Waals surface area (Å²) < 4.78 is 0. The van der Waals surface area contributed by atoms with Crippen LogP contribution in [0.5, 0.6) is 0 Å².